The maximum Gasteiger partial charge on any atom is 0.0846 e. The Morgan fingerprint density at radius 1 is 1.27 bits per heavy atom. The van der Waals surface area contributed by atoms with Crippen LogP contribution in [0.2, 0.25) is 0 Å². The third kappa shape index (κ3) is 1.64. The molecule has 1 heterocycles. The van der Waals surface area contributed by atoms with E-state index < -0.39 is 0 Å². The van der Waals surface area contributed by atoms with E-state index in [1.165, 1.54) is 0 Å². The number of aryl methyl sites for hydroxylation is 2. The topological polar surface area (TPSA) is 56.7 Å². The molecule has 0 spiro atoms. The van der Waals surface area contributed by atoms with Gasteiger partial charge in [0.05, 0.1) is 17.1 Å². The van der Waals surface area contributed by atoms with Gasteiger partial charge in [0, 0.05) is 6.54 Å². The normalized spacial score (nSPS) is 10.6. The number of aromatic nitrogens is 3. The lowest BCUT2D eigenvalue weighted by Gasteiger charge is -2.07. The molecule has 4 heteroatoms. The second-order valence-electron chi connectivity index (χ2n) is 3.52. The largest absolute Gasteiger partial charge is 0.325 e. The van der Waals surface area contributed by atoms with Crippen molar-refractivity contribution in [1.82, 2.24) is 15.0 Å². The van der Waals surface area contributed by atoms with Gasteiger partial charge in [-0.1, -0.05) is 23.4 Å². The fourth-order valence-corrected chi connectivity index (χ4v) is 1.61. The molecule has 2 aromatic rings. The molecule has 0 aliphatic heterocycles. The van der Waals surface area contributed by atoms with E-state index in [9.17, 15) is 0 Å². The standard InChI is InChI=1S/C11H14N4/c1-8-5-3-4-6-10(8)15-11(7-12)9(2)13-14-15/h3-6H,7,12H2,1-2H3. The Kier molecular flexibility index (Phi) is 2.51. The number of para-hydroxylation sites is 1. The van der Waals surface area contributed by atoms with E-state index >= 15 is 0 Å². The number of nitrogens with two attached hydrogens (primary N) is 1. The first-order chi connectivity index (χ1) is 7.24. The highest BCUT2D eigenvalue weighted by atomic mass is 15.4. The fraction of sp³-hybridized carbons (Fsp3) is 0.273. The third-order valence-electron chi connectivity index (χ3n) is 2.49. The summed E-state index contributed by atoms with van der Waals surface area (Å²) in [6, 6.07) is 8.06. The van der Waals surface area contributed by atoms with Gasteiger partial charge in [0.1, 0.15) is 0 Å². The summed E-state index contributed by atoms with van der Waals surface area (Å²) in [5, 5.41) is 8.14. The molecular formula is C11H14N4. The molecule has 0 saturated carbocycles. The molecule has 0 amide bonds. The maximum atomic E-state index is 5.68. The van der Waals surface area contributed by atoms with Gasteiger partial charge in [-0.3, -0.25) is 0 Å². The molecule has 0 aliphatic rings. The Morgan fingerprint density at radius 2 is 2.00 bits per heavy atom. The van der Waals surface area contributed by atoms with E-state index in [-0.39, 0.29) is 0 Å². The van der Waals surface area contributed by atoms with E-state index in [4.69, 9.17) is 5.73 Å². The number of benzene rings is 1. The molecule has 0 fully saturated rings. The molecule has 2 N–H and O–H groups in total. The highest BCUT2D eigenvalue weighted by molar-refractivity contribution is 5.40. The van der Waals surface area contributed by atoms with Gasteiger partial charge in [-0.25, -0.2) is 4.68 Å². The molecule has 78 valence electrons. The Balaban J connectivity index is 2.59. The first kappa shape index (κ1) is 9.86. The molecule has 15 heavy (non-hydrogen) atoms. The van der Waals surface area contributed by atoms with E-state index in [0.29, 0.717) is 6.54 Å². The predicted octanol–water partition coefficient (Wildman–Crippen LogP) is 1.34. The van der Waals surface area contributed by atoms with Crippen LogP contribution in [0.15, 0.2) is 24.3 Å². The van der Waals surface area contributed by atoms with Crippen molar-refractivity contribution >= 4 is 0 Å². The van der Waals surface area contributed by atoms with Crippen molar-refractivity contribution in [2.75, 3.05) is 0 Å². The molecule has 0 unspecified atom stereocenters. The molecule has 0 bridgehead atoms. The smallest absolute Gasteiger partial charge is 0.0846 e. The first-order valence-corrected chi connectivity index (χ1v) is 4.91. The molecule has 0 radical (unpaired) electrons. The van der Waals surface area contributed by atoms with E-state index in [1.54, 1.807) is 0 Å². The van der Waals surface area contributed by atoms with Crippen LogP contribution in [0.4, 0.5) is 0 Å². The van der Waals surface area contributed by atoms with Crippen LogP contribution in [-0.2, 0) is 6.54 Å². The summed E-state index contributed by atoms with van der Waals surface area (Å²) < 4.78 is 1.81. The van der Waals surface area contributed by atoms with Crippen LogP contribution < -0.4 is 5.73 Å². The summed E-state index contributed by atoms with van der Waals surface area (Å²) >= 11 is 0. The van der Waals surface area contributed by atoms with E-state index in [2.05, 4.69) is 10.3 Å². The molecule has 0 saturated heterocycles. The lowest BCUT2D eigenvalue weighted by Crippen LogP contribution is -2.08. The molecule has 4 nitrogen and oxygen atoms in total. The second kappa shape index (κ2) is 3.82. The minimum absolute atomic E-state index is 0.452. The SMILES string of the molecule is Cc1ccccc1-n1nnc(C)c1CN. The summed E-state index contributed by atoms with van der Waals surface area (Å²) in [7, 11) is 0. The van der Waals surface area contributed by atoms with Gasteiger partial charge in [0.25, 0.3) is 0 Å². The molecule has 1 aromatic carbocycles. The number of rotatable bonds is 2. The van der Waals surface area contributed by atoms with Crippen molar-refractivity contribution in [1.29, 1.82) is 0 Å². The van der Waals surface area contributed by atoms with E-state index in [1.807, 2.05) is 42.8 Å². The zero-order valence-electron chi connectivity index (χ0n) is 8.94. The Labute approximate surface area is 88.7 Å². The highest BCUT2D eigenvalue weighted by Gasteiger charge is 2.10. The third-order valence-corrected chi connectivity index (χ3v) is 2.49. The van der Waals surface area contributed by atoms with Crippen molar-refractivity contribution in [2.24, 2.45) is 5.73 Å². The Morgan fingerprint density at radius 3 is 2.67 bits per heavy atom. The van der Waals surface area contributed by atoms with Gasteiger partial charge < -0.3 is 5.73 Å². The lowest BCUT2D eigenvalue weighted by atomic mass is 10.2. The van der Waals surface area contributed by atoms with Crippen LogP contribution >= 0.6 is 0 Å². The van der Waals surface area contributed by atoms with Gasteiger partial charge in [-0.05, 0) is 25.5 Å². The fourth-order valence-electron chi connectivity index (χ4n) is 1.61. The average Bonchev–Trinajstić information content (AvgIpc) is 2.60. The van der Waals surface area contributed by atoms with Crippen LogP contribution in [0.5, 0.6) is 0 Å². The van der Waals surface area contributed by atoms with Crippen LogP contribution in [0, 0.1) is 13.8 Å². The average molecular weight is 202 g/mol. The minimum Gasteiger partial charge on any atom is -0.325 e. The summed E-state index contributed by atoms with van der Waals surface area (Å²) in [4.78, 5) is 0. The number of nitrogens with zero attached hydrogens (tertiary/aromatic N) is 3. The molecule has 0 aliphatic carbocycles. The van der Waals surface area contributed by atoms with Crippen LogP contribution in [-0.4, -0.2) is 15.0 Å². The maximum absolute atomic E-state index is 5.68. The lowest BCUT2D eigenvalue weighted by molar-refractivity contribution is 0.757. The van der Waals surface area contributed by atoms with E-state index in [0.717, 1.165) is 22.6 Å². The molecule has 0 atom stereocenters. The van der Waals surface area contributed by atoms with Gasteiger partial charge in [-0.15, -0.1) is 5.10 Å². The van der Waals surface area contributed by atoms with Crippen molar-refractivity contribution in [3.05, 3.63) is 41.2 Å². The molecule has 1 aromatic heterocycles. The zero-order valence-corrected chi connectivity index (χ0v) is 8.94. The summed E-state index contributed by atoms with van der Waals surface area (Å²) in [6.07, 6.45) is 0. The zero-order chi connectivity index (χ0) is 10.8. The van der Waals surface area contributed by atoms with Crippen LogP contribution in [0.1, 0.15) is 17.0 Å². The molecule has 2 rings (SSSR count). The second-order valence-corrected chi connectivity index (χ2v) is 3.52. The first-order valence-electron chi connectivity index (χ1n) is 4.91. The summed E-state index contributed by atoms with van der Waals surface area (Å²) in [5.41, 5.74) is 9.74. The van der Waals surface area contributed by atoms with Crippen LogP contribution in [0.25, 0.3) is 5.69 Å². The Bertz CT molecular complexity index is 473. The van der Waals surface area contributed by atoms with Gasteiger partial charge in [0.15, 0.2) is 0 Å². The summed E-state index contributed by atoms with van der Waals surface area (Å²) in [6.45, 7) is 4.42. The van der Waals surface area contributed by atoms with Crippen LogP contribution in [0.3, 0.4) is 0 Å². The van der Waals surface area contributed by atoms with Gasteiger partial charge in [0.2, 0.25) is 0 Å². The predicted molar refractivity (Wildman–Crippen MR) is 58.7 cm³/mol. The summed E-state index contributed by atoms with van der Waals surface area (Å²) in [5.74, 6) is 0. The highest BCUT2D eigenvalue weighted by Crippen LogP contribution is 2.15. The quantitative estimate of drug-likeness (QED) is 0.799. The molecular weight excluding hydrogens is 188 g/mol. The van der Waals surface area contributed by atoms with Crippen molar-refractivity contribution < 1.29 is 0 Å². The van der Waals surface area contributed by atoms with Gasteiger partial charge >= 0.3 is 0 Å². The van der Waals surface area contributed by atoms with Crippen molar-refractivity contribution in [2.45, 2.75) is 20.4 Å². The van der Waals surface area contributed by atoms with Crippen molar-refractivity contribution in [3.63, 3.8) is 0 Å². The monoisotopic (exact) mass is 202 g/mol. The minimum atomic E-state index is 0.452. The number of hydrogen-bond acceptors (Lipinski definition) is 3. The number of hydrogen-bond donors (Lipinski definition) is 1. The van der Waals surface area contributed by atoms with Crippen molar-refractivity contribution in [3.8, 4) is 5.69 Å². The van der Waals surface area contributed by atoms with Gasteiger partial charge in [-0.2, -0.15) is 0 Å². The Hall–Kier alpha value is -1.68.